The zero-order chi connectivity index (χ0) is 14.6. The first-order valence-electron chi connectivity index (χ1n) is 7.72. The average molecular weight is 275 g/mol. The van der Waals surface area contributed by atoms with E-state index in [4.69, 9.17) is 5.73 Å². The molecule has 0 heterocycles. The van der Waals surface area contributed by atoms with Crippen molar-refractivity contribution in [1.82, 2.24) is 9.80 Å². The summed E-state index contributed by atoms with van der Waals surface area (Å²) in [5.74, 6) is 0. The van der Waals surface area contributed by atoms with Crippen molar-refractivity contribution in [3.63, 3.8) is 0 Å². The smallest absolute Gasteiger partial charge is 0.0330 e. The average Bonchev–Trinajstić information content (AvgIpc) is 2.33. The molecule has 2 N–H and O–H groups in total. The molecule has 1 aliphatic carbocycles. The van der Waals surface area contributed by atoms with Crippen LogP contribution in [0.25, 0.3) is 0 Å². The second-order valence-corrected chi connectivity index (χ2v) is 6.56. The topological polar surface area (TPSA) is 32.5 Å². The lowest BCUT2D eigenvalue weighted by Gasteiger charge is -2.49. The summed E-state index contributed by atoms with van der Waals surface area (Å²) in [6.45, 7) is 2.35. The zero-order valence-corrected chi connectivity index (χ0v) is 13.2. The minimum absolute atomic E-state index is 0.436. The van der Waals surface area contributed by atoms with Gasteiger partial charge in [0, 0.05) is 17.8 Å². The molecule has 0 spiro atoms. The van der Waals surface area contributed by atoms with Gasteiger partial charge in [0.2, 0.25) is 0 Å². The molecule has 0 bridgehead atoms. The Morgan fingerprint density at radius 1 is 1.20 bits per heavy atom. The van der Waals surface area contributed by atoms with Crippen LogP contribution in [0.2, 0.25) is 0 Å². The molecule has 0 saturated heterocycles. The van der Waals surface area contributed by atoms with Crippen molar-refractivity contribution in [1.29, 1.82) is 0 Å². The summed E-state index contributed by atoms with van der Waals surface area (Å²) in [5.41, 5.74) is 8.48. The van der Waals surface area contributed by atoms with E-state index in [1.165, 1.54) is 37.8 Å². The molecular weight excluding hydrogens is 246 g/mol. The van der Waals surface area contributed by atoms with E-state index in [-0.39, 0.29) is 0 Å². The SMILES string of the molecule is CN(CCCc1cccc(N)c1)CC1(N(C)C)CCC1. The molecule has 112 valence electrons. The van der Waals surface area contributed by atoms with Gasteiger partial charge in [0.1, 0.15) is 0 Å². The molecule has 0 aromatic heterocycles. The highest BCUT2D eigenvalue weighted by atomic mass is 15.2. The number of nitrogen functional groups attached to an aromatic ring is 1. The van der Waals surface area contributed by atoms with Crippen molar-refractivity contribution >= 4 is 5.69 Å². The lowest BCUT2D eigenvalue weighted by molar-refractivity contribution is 0.0277. The predicted molar refractivity (Wildman–Crippen MR) is 86.9 cm³/mol. The summed E-state index contributed by atoms with van der Waals surface area (Å²) in [7, 11) is 6.70. The number of nitrogens with two attached hydrogens (primary N) is 1. The van der Waals surface area contributed by atoms with Crippen molar-refractivity contribution in [2.24, 2.45) is 0 Å². The molecule has 0 aliphatic heterocycles. The fourth-order valence-corrected chi connectivity index (χ4v) is 3.21. The van der Waals surface area contributed by atoms with Crippen molar-refractivity contribution in [2.75, 3.05) is 40.0 Å². The van der Waals surface area contributed by atoms with Crippen molar-refractivity contribution in [2.45, 2.75) is 37.6 Å². The molecule has 1 saturated carbocycles. The highest BCUT2D eigenvalue weighted by Gasteiger charge is 2.39. The molecule has 3 heteroatoms. The number of anilines is 1. The van der Waals surface area contributed by atoms with Crippen LogP contribution in [0.4, 0.5) is 5.69 Å². The molecule has 0 radical (unpaired) electrons. The van der Waals surface area contributed by atoms with Crippen molar-refractivity contribution in [3.8, 4) is 0 Å². The summed E-state index contributed by atoms with van der Waals surface area (Å²) in [5, 5.41) is 0. The van der Waals surface area contributed by atoms with E-state index in [0.29, 0.717) is 5.54 Å². The second kappa shape index (κ2) is 6.59. The number of likely N-dealkylation sites (N-methyl/N-ethyl adjacent to an activating group) is 2. The van der Waals surface area contributed by atoms with Crippen molar-refractivity contribution < 1.29 is 0 Å². The third-order valence-electron chi connectivity index (χ3n) is 4.75. The third-order valence-corrected chi connectivity index (χ3v) is 4.75. The normalized spacial score (nSPS) is 17.4. The molecule has 1 aromatic rings. The Kier molecular flexibility index (Phi) is 5.06. The molecule has 3 nitrogen and oxygen atoms in total. The van der Waals surface area contributed by atoms with Crippen LogP contribution in [0.5, 0.6) is 0 Å². The maximum atomic E-state index is 5.82. The first-order valence-corrected chi connectivity index (χ1v) is 7.72. The molecule has 1 aromatic carbocycles. The van der Waals surface area contributed by atoms with Gasteiger partial charge in [0.15, 0.2) is 0 Å². The number of rotatable bonds is 7. The number of benzene rings is 1. The van der Waals surface area contributed by atoms with E-state index in [2.05, 4.69) is 43.1 Å². The number of hydrogen-bond acceptors (Lipinski definition) is 3. The maximum Gasteiger partial charge on any atom is 0.0330 e. The van der Waals surface area contributed by atoms with Gasteiger partial charge in [0.05, 0.1) is 0 Å². The summed E-state index contributed by atoms with van der Waals surface area (Å²) in [4.78, 5) is 4.91. The second-order valence-electron chi connectivity index (χ2n) is 6.56. The van der Waals surface area contributed by atoms with Crippen molar-refractivity contribution in [3.05, 3.63) is 29.8 Å². The lowest BCUT2D eigenvalue weighted by atomic mass is 9.75. The zero-order valence-electron chi connectivity index (χ0n) is 13.2. The Morgan fingerprint density at radius 3 is 2.50 bits per heavy atom. The van der Waals surface area contributed by atoms with Crippen LogP contribution in [0.15, 0.2) is 24.3 Å². The molecule has 1 aliphatic rings. The predicted octanol–water partition coefficient (Wildman–Crippen LogP) is 2.62. The molecule has 0 atom stereocenters. The Hall–Kier alpha value is -1.06. The Labute approximate surface area is 123 Å². The molecule has 1 fully saturated rings. The van der Waals surface area contributed by atoms with Crippen LogP contribution in [0.3, 0.4) is 0 Å². The summed E-state index contributed by atoms with van der Waals surface area (Å²) >= 11 is 0. The van der Waals surface area contributed by atoms with E-state index in [1.807, 2.05) is 12.1 Å². The molecular formula is C17H29N3. The Balaban J connectivity index is 1.74. The Morgan fingerprint density at radius 2 is 1.95 bits per heavy atom. The fourth-order valence-electron chi connectivity index (χ4n) is 3.21. The molecule has 2 rings (SSSR count). The van der Waals surface area contributed by atoms with Crippen LogP contribution in [0, 0.1) is 0 Å². The van der Waals surface area contributed by atoms with Gasteiger partial charge in [-0.2, -0.15) is 0 Å². The van der Waals surface area contributed by atoms with Crippen LogP contribution < -0.4 is 5.73 Å². The molecule has 0 amide bonds. The standard InChI is InChI=1S/C17H29N3/c1-19(2)17(10-6-11-17)14-20(3)12-5-8-15-7-4-9-16(18)13-15/h4,7,9,13H,5-6,8,10-12,14,18H2,1-3H3. The quantitative estimate of drug-likeness (QED) is 0.776. The van der Waals surface area contributed by atoms with Gasteiger partial charge in [0.25, 0.3) is 0 Å². The molecule has 20 heavy (non-hydrogen) atoms. The van der Waals surface area contributed by atoms with E-state index < -0.39 is 0 Å². The lowest BCUT2D eigenvalue weighted by Crippen LogP contribution is -2.56. The van der Waals surface area contributed by atoms with Gasteiger partial charge in [-0.25, -0.2) is 0 Å². The fraction of sp³-hybridized carbons (Fsp3) is 0.647. The van der Waals surface area contributed by atoms with E-state index >= 15 is 0 Å². The third kappa shape index (κ3) is 3.74. The first-order chi connectivity index (χ1) is 9.52. The van der Waals surface area contributed by atoms with Gasteiger partial charge in [-0.05, 0) is 77.5 Å². The van der Waals surface area contributed by atoms with Crippen LogP contribution in [-0.4, -0.2) is 49.6 Å². The first kappa shape index (κ1) is 15.3. The van der Waals surface area contributed by atoms with Gasteiger partial charge in [-0.15, -0.1) is 0 Å². The highest BCUT2D eigenvalue weighted by molar-refractivity contribution is 5.40. The molecule has 0 unspecified atom stereocenters. The van der Waals surface area contributed by atoms with Crippen LogP contribution in [0.1, 0.15) is 31.2 Å². The van der Waals surface area contributed by atoms with Crippen LogP contribution in [-0.2, 0) is 6.42 Å². The van der Waals surface area contributed by atoms with E-state index in [9.17, 15) is 0 Å². The summed E-state index contributed by atoms with van der Waals surface area (Å²) in [6, 6.07) is 8.26. The van der Waals surface area contributed by atoms with Gasteiger partial charge in [-0.3, -0.25) is 0 Å². The summed E-state index contributed by atoms with van der Waals surface area (Å²) in [6.07, 6.45) is 6.39. The minimum atomic E-state index is 0.436. The Bertz CT molecular complexity index is 424. The van der Waals surface area contributed by atoms with E-state index in [1.54, 1.807) is 0 Å². The summed E-state index contributed by atoms with van der Waals surface area (Å²) < 4.78 is 0. The number of nitrogens with zero attached hydrogens (tertiary/aromatic N) is 2. The monoisotopic (exact) mass is 275 g/mol. The van der Waals surface area contributed by atoms with E-state index in [0.717, 1.165) is 18.7 Å². The highest BCUT2D eigenvalue weighted by Crippen LogP contribution is 2.36. The van der Waals surface area contributed by atoms with Gasteiger partial charge < -0.3 is 15.5 Å². The maximum absolute atomic E-state index is 5.82. The number of hydrogen-bond donors (Lipinski definition) is 1. The van der Waals surface area contributed by atoms with Crippen LogP contribution >= 0.6 is 0 Å². The largest absolute Gasteiger partial charge is 0.399 e. The van der Waals surface area contributed by atoms with Gasteiger partial charge >= 0.3 is 0 Å². The number of aryl methyl sites for hydroxylation is 1. The minimum Gasteiger partial charge on any atom is -0.399 e. The van der Waals surface area contributed by atoms with Gasteiger partial charge in [-0.1, -0.05) is 12.1 Å².